The zero-order chi connectivity index (χ0) is 15.2. The molecule has 1 saturated heterocycles. The summed E-state index contributed by atoms with van der Waals surface area (Å²) in [6.07, 6.45) is 0.393. The number of hydrogen-bond donors (Lipinski definition) is 0. The highest BCUT2D eigenvalue weighted by molar-refractivity contribution is 5.79. The standard InChI is InChI=1S/C16H22N2O3/c1-13(19)12-17-6-8-18(9-7-17)16(20)11-14-4-3-5-15(10-14)21-2/h3-5,10H,6-9,11-12H2,1-2H3. The van der Waals surface area contributed by atoms with E-state index >= 15 is 0 Å². The average molecular weight is 290 g/mol. The zero-order valence-electron chi connectivity index (χ0n) is 12.7. The number of carbonyl (C=O) groups is 2. The van der Waals surface area contributed by atoms with Crippen LogP contribution in [0, 0.1) is 0 Å². The number of amides is 1. The Morgan fingerprint density at radius 3 is 2.52 bits per heavy atom. The minimum Gasteiger partial charge on any atom is -0.497 e. The van der Waals surface area contributed by atoms with Crippen molar-refractivity contribution in [3.8, 4) is 5.75 Å². The summed E-state index contributed by atoms with van der Waals surface area (Å²) in [4.78, 5) is 27.4. The molecule has 0 bridgehead atoms. The van der Waals surface area contributed by atoms with E-state index < -0.39 is 0 Å². The average Bonchev–Trinajstić information content (AvgIpc) is 2.47. The van der Waals surface area contributed by atoms with E-state index in [0.717, 1.165) is 24.4 Å². The summed E-state index contributed by atoms with van der Waals surface area (Å²) in [6, 6.07) is 7.59. The van der Waals surface area contributed by atoms with Gasteiger partial charge in [0.15, 0.2) is 0 Å². The minimum atomic E-state index is 0.130. The number of ketones is 1. The van der Waals surface area contributed by atoms with Crippen LogP contribution in [0.5, 0.6) is 5.75 Å². The third kappa shape index (κ3) is 4.56. The molecule has 21 heavy (non-hydrogen) atoms. The van der Waals surface area contributed by atoms with Gasteiger partial charge in [-0.1, -0.05) is 12.1 Å². The zero-order valence-corrected chi connectivity index (χ0v) is 12.7. The molecule has 0 aliphatic carbocycles. The van der Waals surface area contributed by atoms with E-state index in [2.05, 4.69) is 4.90 Å². The van der Waals surface area contributed by atoms with Crippen LogP contribution in [0.25, 0.3) is 0 Å². The molecule has 5 heteroatoms. The molecule has 0 aromatic heterocycles. The Morgan fingerprint density at radius 2 is 1.90 bits per heavy atom. The Bertz CT molecular complexity index is 508. The van der Waals surface area contributed by atoms with Crippen molar-refractivity contribution in [2.75, 3.05) is 39.8 Å². The quantitative estimate of drug-likeness (QED) is 0.811. The van der Waals surface area contributed by atoms with E-state index in [1.807, 2.05) is 29.2 Å². The fraction of sp³-hybridized carbons (Fsp3) is 0.500. The summed E-state index contributed by atoms with van der Waals surface area (Å²) >= 11 is 0. The first-order chi connectivity index (χ1) is 10.1. The van der Waals surface area contributed by atoms with Crippen LogP contribution in [-0.4, -0.2) is 61.3 Å². The molecule has 0 radical (unpaired) electrons. The molecule has 1 aromatic carbocycles. The highest BCUT2D eigenvalue weighted by atomic mass is 16.5. The number of hydrogen-bond acceptors (Lipinski definition) is 4. The molecule has 1 heterocycles. The number of nitrogens with zero attached hydrogens (tertiary/aromatic N) is 2. The number of Topliss-reactive ketones (excluding diaryl/α,β-unsaturated/α-hetero) is 1. The Balaban J connectivity index is 1.85. The molecular formula is C16H22N2O3. The van der Waals surface area contributed by atoms with Gasteiger partial charge < -0.3 is 9.64 Å². The fourth-order valence-corrected chi connectivity index (χ4v) is 2.54. The molecule has 0 unspecified atom stereocenters. The Hall–Kier alpha value is -1.88. The molecule has 1 aliphatic rings. The first-order valence-electron chi connectivity index (χ1n) is 7.21. The smallest absolute Gasteiger partial charge is 0.227 e. The molecule has 0 spiro atoms. The molecule has 1 fully saturated rings. The van der Waals surface area contributed by atoms with Gasteiger partial charge in [0.05, 0.1) is 20.1 Å². The maximum atomic E-state index is 12.3. The summed E-state index contributed by atoms with van der Waals surface area (Å²) in [5.74, 6) is 1.07. The third-order valence-electron chi connectivity index (χ3n) is 3.66. The lowest BCUT2D eigenvalue weighted by atomic mass is 10.1. The van der Waals surface area contributed by atoms with Gasteiger partial charge in [0.1, 0.15) is 11.5 Å². The monoisotopic (exact) mass is 290 g/mol. The number of benzene rings is 1. The van der Waals surface area contributed by atoms with E-state index in [1.54, 1.807) is 14.0 Å². The normalized spacial score (nSPS) is 15.8. The topological polar surface area (TPSA) is 49.9 Å². The Morgan fingerprint density at radius 1 is 1.19 bits per heavy atom. The van der Waals surface area contributed by atoms with Crippen molar-refractivity contribution in [2.45, 2.75) is 13.3 Å². The van der Waals surface area contributed by atoms with E-state index in [0.29, 0.717) is 26.1 Å². The number of piperazine rings is 1. The van der Waals surface area contributed by atoms with Crippen LogP contribution in [0.4, 0.5) is 0 Å². The number of methoxy groups -OCH3 is 1. The minimum absolute atomic E-state index is 0.130. The third-order valence-corrected chi connectivity index (χ3v) is 3.66. The summed E-state index contributed by atoms with van der Waals surface area (Å²) in [6.45, 7) is 5.00. The molecule has 0 saturated carbocycles. The molecule has 114 valence electrons. The second kappa shape index (κ2) is 7.22. The van der Waals surface area contributed by atoms with Crippen molar-refractivity contribution < 1.29 is 14.3 Å². The molecule has 5 nitrogen and oxygen atoms in total. The maximum Gasteiger partial charge on any atom is 0.227 e. The van der Waals surface area contributed by atoms with E-state index in [9.17, 15) is 9.59 Å². The highest BCUT2D eigenvalue weighted by Crippen LogP contribution is 2.14. The van der Waals surface area contributed by atoms with E-state index in [1.165, 1.54) is 0 Å². The summed E-state index contributed by atoms with van der Waals surface area (Å²) in [5.41, 5.74) is 0.963. The van der Waals surface area contributed by atoms with Gasteiger partial charge >= 0.3 is 0 Å². The van der Waals surface area contributed by atoms with Gasteiger partial charge in [-0.25, -0.2) is 0 Å². The number of rotatable bonds is 5. The van der Waals surface area contributed by atoms with Crippen molar-refractivity contribution in [1.29, 1.82) is 0 Å². The van der Waals surface area contributed by atoms with E-state index in [4.69, 9.17) is 4.74 Å². The fourth-order valence-electron chi connectivity index (χ4n) is 2.54. The van der Waals surface area contributed by atoms with Crippen LogP contribution in [0.2, 0.25) is 0 Å². The molecule has 1 aromatic rings. The molecule has 1 amide bonds. The van der Waals surface area contributed by atoms with Crippen molar-refractivity contribution in [2.24, 2.45) is 0 Å². The molecule has 1 aliphatic heterocycles. The first-order valence-corrected chi connectivity index (χ1v) is 7.21. The van der Waals surface area contributed by atoms with Crippen LogP contribution < -0.4 is 4.74 Å². The SMILES string of the molecule is COc1cccc(CC(=O)N2CCN(CC(C)=O)CC2)c1. The van der Waals surface area contributed by atoms with Gasteiger partial charge in [0.2, 0.25) is 5.91 Å². The largest absolute Gasteiger partial charge is 0.497 e. The van der Waals surface area contributed by atoms with Crippen molar-refractivity contribution in [3.05, 3.63) is 29.8 Å². The van der Waals surface area contributed by atoms with Gasteiger partial charge in [0.25, 0.3) is 0 Å². The van der Waals surface area contributed by atoms with Crippen LogP contribution >= 0.6 is 0 Å². The van der Waals surface area contributed by atoms with Crippen molar-refractivity contribution in [1.82, 2.24) is 9.80 Å². The predicted molar refractivity (Wildman–Crippen MR) is 80.4 cm³/mol. The second-order valence-corrected chi connectivity index (χ2v) is 5.39. The second-order valence-electron chi connectivity index (χ2n) is 5.39. The molecule has 0 N–H and O–H groups in total. The summed E-state index contributed by atoms with van der Waals surface area (Å²) in [5, 5.41) is 0. The predicted octanol–water partition coefficient (Wildman–Crippen LogP) is 0.971. The van der Waals surface area contributed by atoms with Crippen molar-refractivity contribution >= 4 is 11.7 Å². The Labute approximate surface area is 125 Å². The Kier molecular flexibility index (Phi) is 5.33. The van der Waals surface area contributed by atoms with E-state index in [-0.39, 0.29) is 11.7 Å². The lowest BCUT2D eigenvalue weighted by Gasteiger charge is -2.34. The summed E-state index contributed by atoms with van der Waals surface area (Å²) < 4.78 is 5.17. The highest BCUT2D eigenvalue weighted by Gasteiger charge is 2.21. The van der Waals surface area contributed by atoms with Gasteiger partial charge in [0, 0.05) is 26.2 Å². The van der Waals surface area contributed by atoms with Gasteiger partial charge in [-0.15, -0.1) is 0 Å². The van der Waals surface area contributed by atoms with Gasteiger partial charge in [-0.05, 0) is 24.6 Å². The first kappa shape index (κ1) is 15.5. The summed E-state index contributed by atoms with van der Waals surface area (Å²) in [7, 11) is 1.62. The van der Waals surface area contributed by atoms with Crippen LogP contribution in [0.15, 0.2) is 24.3 Å². The molecule has 2 rings (SSSR count). The van der Waals surface area contributed by atoms with Crippen LogP contribution in [0.3, 0.4) is 0 Å². The molecule has 0 atom stereocenters. The molecular weight excluding hydrogens is 268 g/mol. The van der Waals surface area contributed by atoms with Crippen LogP contribution in [-0.2, 0) is 16.0 Å². The number of carbonyl (C=O) groups excluding carboxylic acids is 2. The van der Waals surface area contributed by atoms with Crippen molar-refractivity contribution in [3.63, 3.8) is 0 Å². The van der Waals surface area contributed by atoms with Gasteiger partial charge in [-0.2, -0.15) is 0 Å². The lowest BCUT2D eigenvalue weighted by molar-refractivity contribution is -0.132. The number of ether oxygens (including phenoxy) is 1. The van der Waals surface area contributed by atoms with Crippen LogP contribution in [0.1, 0.15) is 12.5 Å². The lowest BCUT2D eigenvalue weighted by Crippen LogP contribution is -2.50. The maximum absolute atomic E-state index is 12.3. The van der Waals surface area contributed by atoms with Gasteiger partial charge in [-0.3, -0.25) is 14.5 Å².